The molecule has 17 heavy (non-hydrogen) atoms. The molecule has 1 atom stereocenters. The Hall–Kier alpha value is -0.870. The molecular formula is C13H18BrNO2. The molecule has 0 saturated heterocycles. The van der Waals surface area contributed by atoms with Gasteiger partial charge in [-0.1, -0.05) is 22.0 Å². The highest BCUT2D eigenvalue weighted by atomic mass is 79.9. The zero-order valence-corrected chi connectivity index (χ0v) is 11.8. The van der Waals surface area contributed by atoms with Crippen molar-refractivity contribution in [3.63, 3.8) is 0 Å². The van der Waals surface area contributed by atoms with Gasteiger partial charge in [0.2, 0.25) is 0 Å². The van der Waals surface area contributed by atoms with Gasteiger partial charge < -0.3 is 10.4 Å². The third kappa shape index (κ3) is 4.88. The fourth-order valence-corrected chi connectivity index (χ4v) is 1.89. The number of benzene rings is 1. The second-order valence-electron chi connectivity index (χ2n) is 4.21. The number of aliphatic hydroxyl groups excluding tert-OH is 1. The largest absolute Gasteiger partial charge is 0.393 e. The second kappa shape index (κ2) is 6.77. The zero-order chi connectivity index (χ0) is 12.8. The molecule has 1 unspecified atom stereocenters. The number of halogens is 1. The topological polar surface area (TPSA) is 49.3 Å². The van der Waals surface area contributed by atoms with E-state index in [1.807, 2.05) is 25.1 Å². The maximum atomic E-state index is 11.9. The van der Waals surface area contributed by atoms with Gasteiger partial charge in [-0.2, -0.15) is 0 Å². The van der Waals surface area contributed by atoms with Gasteiger partial charge in [0, 0.05) is 16.6 Å². The Morgan fingerprint density at radius 3 is 2.88 bits per heavy atom. The molecule has 2 N–H and O–H groups in total. The highest BCUT2D eigenvalue weighted by molar-refractivity contribution is 9.10. The molecule has 1 rings (SSSR count). The molecule has 0 heterocycles. The van der Waals surface area contributed by atoms with Gasteiger partial charge in [-0.25, -0.2) is 0 Å². The SMILES string of the molecule is Cc1ccc(Br)cc1C(=O)NCCCC(C)O. The number of hydrogen-bond acceptors (Lipinski definition) is 2. The molecule has 0 aromatic heterocycles. The summed E-state index contributed by atoms with van der Waals surface area (Å²) >= 11 is 3.35. The van der Waals surface area contributed by atoms with Gasteiger partial charge in [0.15, 0.2) is 0 Å². The predicted octanol–water partition coefficient (Wildman–Crippen LogP) is 2.65. The average Bonchev–Trinajstić information content (AvgIpc) is 2.27. The third-order valence-electron chi connectivity index (χ3n) is 2.53. The van der Waals surface area contributed by atoms with Crippen molar-refractivity contribution in [2.75, 3.05) is 6.54 Å². The summed E-state index contributed by atoms with van der Waals surface area (Å²) in [6.45, 7) is 4.26. The minimum Gasteiger partial charge on any atom is -0.393 e. The van der Waals surface area contributed by atoms with E-state index in [0.717, 1.165) is 16.5 Å². The maximum absolute atomic E-state index is 11.9. The maximum Gasteiger partial charge on any atom is 0.251 e. The van der Waals surface area contributed by atoms with Crippen LogP contribution in [0.1, 0.15) is 35.7 Å². The van der Waals surface area contributed by atoms with Crippen LogP contribution in [0.4, 0.5) is 0 Å². The molecule has 0 aliphatic carbocycles. The van der Waals surface area contributed by atoms with Crippen LogP contribution >= 0.6 is 15.9 Å². The number of aliphatic hydroxyl groups is 1. The zero-order valence-electron chi connectivity index (χ0n) is 10.2. The monoisotopic (exact) mass is 299 g/mol. The first-order valence-corrected chi connectivity index (χ1v) is 6.52. The number of aryl methyl sites for hydroxylation is 1. The minimum absolute atomic E-state index is 0.0607. The minimum atomic E-state index is -0.306. The van der Waals surface area contributed by atoms with Crippen molar-refractivity contribution in [1.82, 2.24) is 5.32 Å². The van der Waals surface area contributed by atoms with Crippen molar-refractivity contribution in [2.45, 2.75) is 32.8 Å². The molecule has 0 aliphatic rings. The molecular weight excluding hydrogens is 282 g/mol. The predicted molar refractivity (Wildman–Crippen MR) is 72.1 cm³/mol. The number of hydrogen-bond donors (Lipinski definition) is 2. The Morgan fingerprint density at radius 1 is 1.53 bits per heavy atom. The van der Waals surface area contributed by atoms with Gasteiger partial charge >= 0.3 is 0 Å². The molecule has 1 amide bonds. The highest BCUT2D eigenvalue weighted by Gasteiger charge is 2.08. The van der Waals surface area contributed by atoms with Crippen molar-refractivity contribution in [2.24, 2.45) is 0 Å². The van der Waals surface area contributed by atoms with Crippen molar-refractivity contribution in [3.05, 3.63) is 33.8 Å². The standard InChI is InChI=1S/C13H18BrNO2/c1-9-5-6-11(14)8-12(9)13(17)15-7-3-4-10(2)16/h5-6,8,10,16H,3-4,7H2,1-2H3,(H,15,17). The van der Waals surface area contributed by atoms with Gasteiger partial charge in [0.05, 0.1) is 6.10 Å². The quantitative estimate of drug-likeness (QED) is 0.821. The summed E-state index contributed by atoms with van der Waals surface area (Å²) in [5, 5.41) is 11.9. The van der Waals surface area contributed by atoms with E-state index >= 15 is 0 Å². The Balaban J connectivity index is 2.49. The van der Waals surface area contributed by atoms with E-state index in [0.29, 0.717) is 18.5 Å². The Kier molecular flexibility index (Phi) is 5.65. The summed E-state index contributed by atoms with van der Waals surface area (Å²) in [6, 6.07) is 5.65. The van der Waals surface area contributed by atoms with Gasteiger partial charge in [-0.3, -0.25) is 4.79 Å². The normalized spacial score (nSPS) is 12.2. The van der Waals surface area contributed by atoms with Crippen LogP contribution in [-0.4, -0.2) is 23.7 Å². The van der Waals surface area contributed by atoms with E-state index in [1.165, 1.54) is 0 Å². The van der Waals surface area contributed by atoms with E-state index in [2.05, 4.69) is 21.2 Å². The number of nitrogens with one attached hydrogen (secondary N) is 1. The van der Waals surface area contributed by atoms with E-state index in [-0.39, 0.29) is 12.0 Å². The number of amides is 1. The first-order valence-electron chi connectivity index (χ1n) is 5.73. The Morgan fingerprint density at radius 2 is 2.24 bits per heavy atom. The summed E-state index contributed by atoms with van der Waals surface area (Å²) in [6.07, 6.45) is 1.19. The van der Waals surface area contributed by atoms with Gasteiger partial charge in [0.1, 0.15) is 0 Å². The van der Waals surface area contributed by atoms with E-state index in [4.69, 9.17) is 5.11 Å². The molecule has 3 nitrogen and oxygen atoms in total. The molecule has 1 aromatic carbocycles. The summed E-state index contributed by atoms with van der Waals surface area (Å²) in [5.41, 5.74) is 1.65. The fourth-order valence-electron chi connectivity index (χ4n) is 1.53. The van der Waals surface area contributed by atoms with Crippen molar-refractivity contribution >= 4 is 21.8 Å². The molecule has 0 aliphatic heterocycles. The number of carbonyl (C=O) groups is 1. The average molecular weight is 300 g/mol. The lowest BCUT2D eigenvalue weighted by molar-refractivity contribution is 0.0949. The van der Waals surface area contributed by atoms with Crippen molar-refractivity contribution in [1.29, 1.82) is 0 Å². The molecule has 0 spiro atoms. The first-order chi connectivity index (χ1) is 8.00. The second-order valence-corrected chi connectivity index (χ2v) is 5.12. The summed E-state index contributed by atoms with van der Waals surface area (Å²) < 4.78 is 0.900. The molecule has 1 aromatic rings. The molecule has 0 bridgehead atoms. The highest BCUT2D eigenvalue weighted by Crippen LogP contribution is 2.15. The van der Waals surface area contributed by atoms with Gasteiger partial charge in [0.25, 0.3) is 5.91 Å². The van der Waals surface area contributed by atoms with Gasteiger partial charge in [-0.15, -0.1) is 0 Å². The van der Waals surface area contributed by atoms with Crippen LogP contribution in [0.15, 0.2) is 22.7 Å². The molecule has 4 heteroatoms. The van der Waals surface area contributed by atoms with Crippen LogP contribution < -0.4 is 5.32 Å². The van der Waals surface area contributed by atoms with Crippen molar-refractivity contribution in [3.8, 4) is 0 Å². The molecule has 0 radical (unpaired) electrons. The van der Waals surface area contributed by atoms with E-state index in [1.54, 1.807) is 6.92 Å². The fraction of sp³-hybridized carbons (Fsp3) is 0.462. The van der Waals surface area contributed by atoms with Crippen LogP contribution in [0.2, 0.25) is 0 Å². The van der Waals surface area contributed by atoms with E-state index in [9.17, 15) is 4.79 Å². The Labute approximate surface area is 110 Å². The molecule has 0 saturated carbocycles. The van der Waals surface area contributed by atoms with Crippen LogP contribution in [0.25, 0.3) is 0 Å². The van der Waals surface area contributed by atoms with Crippen LogP contribution in [0, 0.1) is 6.92 Å². The smallest absolute Gasteiger partial charge is 0.251 e. The third-order valence-corrected chi connectivity index (χ3v) is 3.02. The van der Waals surface area contributed by atoms with Crippen molar-refractivity contribution < 1.29 is 9.90 Å². The summed E-state index contributed by atoms with van der Waals surface area (Å²) in [7, 11) is 0. The lowest BCUT2D eigenvalue weighted by atomic mass is 10.1. The molecule has 0 fully saturated rings. The van der Waals surface area contributed by atoms with Crippen LogP contribution in [0.5, 0.6) is 0 Å². The number of carbonyl (C=O) groups excluding carboxylic acids is 1. The van der Waals surface area contributed by atoms with Crippen LogP contribution in [0.3, 0.4) is 0 Å². The van der Waals surface area contributed by atoms with Crippen LogP contribution in [-0.2, 0) is 0 Å². The van der Waals surface area contributed by atoms with E-state index < -0.39 is 0 Å². The van der Waals surface area contributed by atoms with Gasteiger partial charge in [-0.05, 0) is 44.4 Å². The molecule has 94 valence electrons. The summed E-state index contributed by atoms with van der Waals surface area (Å²) in [4.78, 5) is 11.9. The Bertz CT molecular complexity index is 391. The lowest BCUT2D eigenvalue weighted by Gasteiger charge is -2.08. The summed E-state index contributed by atoms with van der Waals surface area (Å²) in [5.74, 6) is -0.0607. The lowest BCUT2D eigenvalue weighted by Crippen LogP contribution is -2.25. The first kappa shape index (κ1) is 14.2. The number of rotatable bonds is 5.